The lowest BCUT2D eigenvalue weighted by Crippen LogP contribution is -2.34. The molecule has 5 heteroatoms. The average Bonchev–Trinajstić information content (AvgIpc) is 2.71. The Labute approximate surface area is 141 Å². The van der Waals surface area contributed by atoms with E-state index in [9.17, 15) is 0 Å². The summed E-state index contributed by atoms with van der Waals surface area (Å²) in [6, 6.07) is 4.43. The van der Waals surface area contributed by atoms with E-state index in [4.69, 9.17) is 23.8 Å². The van der Waals surface area contributed by atoms with Crippen LogP contribution in [-0.4, -0.2) is 27.0 Å². The second-order valence-corrected chi connectivity index (χ2v) is 6.74. The summed E-state index contributed by atoms with van der Waals surface area (Å²) in [5, 5.41) is 0.832. The number of hydrogen-bond acceptors (Lipinski definition) is 2. The van der Waals surface area contributed by atoms with Crippen LogP contribution in [0.5, 0.6) is 0 Å². The Bertz CT molecular complexity index is 759. The predicted octanol–water partition coefficient (Wildman–Crippen LogP) is 4.91. The van der Waals surface area contributed by atoms with Crippen LogP contribution >= 0.6 is 23.8 Å². The molecule has 118 valence electrons. The summed E-state index contributed by atoms with van der Waals surface area (Å²) in [4.78, 5) is 5.80. The van der Waals surface area contributed by atoms with Gasteiger partial charge in [-0.25, -0.2) is 0 Å². The zero-order valence-corrected chi connectivity index (χ0v) is 14.7. The summed E-state index contributed by atoms with van der Waals surface area (Å²) in [7, 11) is 0. The molecule has 0 amide bonds. The number of aromatic amines is 1. The molecule has 3 rings (SSSR count). The zero-order valence-electron chi connectivity index (χ0n) is 13.1. The van der Waals surface area contributed by atoms with Crippen molar-refractivity contribution in [2.45, 2.75) is 45.8 Å². The number of H-pyrrole nitrogens is 1. The largest absolute Gasteiger partial charge is 0.331 e. The summed E-state index contributed by atoms with van der Waals surface area (Å²) in [5.41, 5.74) is 3.45. The van der Waals surface area contributed by atoms with E-state index in [1.165, 1.54) is 11.1 Å². The number of allylic oxidation sites excluding steroid dienone is 1. The molecule has 1 N–H and O–H groups in total. The minimum absolute atomic E-state index is 0.434. The second kappa shape index (κ2) is 6.57. The van der Waals surface area contributed by atoms with Crippen LogP contribution in [0.1, 0.15) is 32.3 Å². The van der Waals surface area contributed by atoms with Crippen LogP contribution in [0, 0.1) is 4.77 Å². The molecule has 1 aromatic carbocycles. The minimum atomic E-state index is 0.434. The number of nitrogens with one attached hydrogen (secondary N) is 1. The molecule has 1 aliphatic rings. The first-order valence-electron chi connectivity index (χ1n) is 7.90. The lowest BCUT2D eigenvalue weighted by molar-refractivity contribution is 0.193. The van der Waals surface area contributed by atoms with E-state index in [2.05, 4.69) is 40.5 Å². The quantitative estimate of drug-likeness (QED) is 0.634. The van der Waals surface area contributed by atoms with Gasteiger partial charge in [0.05, 0.1) is 11.0 Å². The summed E-state index contributed by atoms with van der Waals surface area (Å²) in [6.45, 7) is 7.27. The van der Waals surface area contributed by atoms with Gasteiger partial charge in [0.15, 0.2) is 4.77 Å². The standard InChI is InChI=1S/C17H22ClN3S/c1-3-4-5-6-9-20-11-13-14(18)7-8-15-16(13)21(10-12(20)2)17(22)19-15/h4-5,7-8,12H,3,6,9-11H2,1-2H3,(H,19,22)/b5-4-/t12-/m0/s1. The van der Waals surface area contributed by atoms with Crippen molar-refractivity contribution in [1.29, 1.82) is 0 Å². The van der Waals surface area contributed by atoms with E-state index >= 15 is 0 Å². The first-order valence-corrected chi connectivity index (χ1v) is 8.69. The molecular formula is C17H22ClN3S. The monoisotopic (exact) mass is 335 g/mol. The smallest absolute Gasteiger partial charge is 0.178 e. The highest BCUT2D eigenvalue weighted by atomic mass is 35.5. The minimum Gasteiger partial charge on any atom is -0.331 e. The third-order valence-electron chi connectivity index (χ3n) is 4.40. The number of benzene rings is 1. The van der Waals surface area contributed by atoms with Gasteiger partial charge in [-0.3, -0.25) is 4.90 Å². The van der Waals surface area contributed by atoms with E-state index in [1.807, 2.05) is 12.1 Å². The Morgan fingerprint density at radius 3 is 3.00 bits per heavy atom. The van der Waals surface area contributed by atoms with Gasteiger partial charge in [0.2, 0.25) is 0 Å². The van der Waals surface area contributed by atoms with Crippen molar-refractivity contribution in [3.8, 4) is 0 Å². The summed E-state index contributed by atoms with van der Waals surface area (Å²) < 4.78 is 3.00. The molecule has 0 bridgehead atoms. The molecule has 2 heterocycles. The van der Waals surface area contributed by atoms with Gasteiger partial charge in [0.1, 0.15) is 0 Å². The number of halogens is 1. The highest BCUT2D eigenvalue weighted by Gasteiger charge is 2.24. The number of hydrogen-bond donors (Lipinski definition) is 1. The van der Waals surface area contributed by atoms with Crippen LogP contribution in [0.15, 0.2) is 24.3 Å². The van der Waals surface area contributed by atoms with E-state index in [0.29, 0.717) is 6.04 Å². The van der Waals surface area contributed by atoms with E-state index in [-0.39, 0.29) is 0 Å². The molecule has 1 aromatic heterocycles. The molecule has 1 aliphatic heterocycles. The molecule has 0 unspecified atom stereocenters. The van der Waals surface area contributed by atoms with Crippen molar-refractivity contribution in [2.75, 3.05) is 6.54 Å². The summed E-state index contributed by atoms with van der Waals surface area (Å²) >= 11 is 12.0. The molecule has 1 atom stereocenters. The van der Waals surface area contributed by atoms with Gasteiger partial charge in [-0.15, -0.1) is 0 Å². The summed E-state index contributed by atoms with van der Waals surface area (Å²) in [5.74, 6) is 0. The van der Waals surface area contributed by atoms with Crippen molar-refractivity contribution in [1.82, 2.24) is 14.5 Å². The van der Waals surface area contributed by atoms with Crippen LogP contribution in [-0.2, 0) is 13.1 Å². The first kappa shape index (κ1) is 15.8. The van der Waals surface area contributed by atoms with Crippen LogP contribution in [0.3, 0.4) is 0 Å². The van der Waals surface area contributed by atoms with E-state index in [1.54, 1.807) is 0 Å². The summed E-state index contributed by atoms with van der Waals surface area (Å²) in [6.07, 6.45) is 6.68. The number of imidazole rings is 1. The Kier molecular flexibility index (Phi) is 4.71. The predicted molar refractivity (Wildman–Crippen MR) is 96.1 cm³/mol. The lowest BCUT2D eigenvalue weighted by atomic mass is 10.1. The Morgan fingerprint density at radius 1 is 1.41 bits per heavy atom. The highest BCUT2D eigenvalue weighted by molar-refractivity contribution is 7.71. The maximum atomic E-state index is 6.49. The molecule has 2 aromatic rings. The molecule has 0 spiro atoms. The van der Waals surface area contributed by atoms with E-state index in [0.717, 1.165) is 47.8 Å². The molecule has 0 saturated heterocycles. The number of rotatable bonds is 4. The fourth-order valence-electron chi connectivity index (χ4n) is 3.19. The third-order valence-corrected chi connectivity index (χ3v) is 5.08. The van der Waals surface area contributed by atoms with Gasteiger partial charge in [0.25, 0.3) is 0 Å². The van der Waals surface area contributed by atoms with E-state index < -0.39 is 0 Å². The molecule has 0 radical (unpaired) electrons. The van der Waals surface area contributed by atoms with Gasteiger partial charge in [0, 0.05) is 36.3 Å². The molecule has 0 saturated carbocycles. The molecule has 22 heavy (non-hydrogen) atoms. The van der Waals surface area contributed by atoms with Gasteiger partial charge < -0.3 is 9.55 Å². The molecule has 3 nitrogen and oxygen atoms in total. The topological polar surface area (TPSA) is 24.0 Å². The maximum absolute atomic E-state index is 6.49. The molecule has 0 fully saturated rings. The first-order chi connectivity index (χ1) is 10.6. The van der Waals surface area contributed by atoms with Gasteiger partial charge in [-0.05, 0) is 44.1 Å². The molecule has 0 aliphatic carbocycles. The number of aromatic nitrogens is 2. The lowest BCUT2D eigenvalue weighted by Gasteiger charge is -2.27. The van der Waals surface area contributed by atoms with Gasteiger partial charge >= 0.3 is 0 Å². The number of nitrogens with zero attached hydrogens (tertiary/aromatic N) is 2. The van der Waals surface area contributed by atoms with Crippen LogP contribution in [0.4, 0.5) is 0 Å². The van der Waals surface area contributed by atoms with Crippen molar-refractivity contribution in [2.24, 2.45) is 0 Å². The molecular weight excluding hydrogens is 314 g/mol. The van der Waals surface area contributed by atoms with Crippen molar-refractivity contribution in [3.63, 3.8) is 0 Å². The van der Waals surface area contributed by atoms with Gasteiger partial charge in [-0.1, -0.05) is 30.7 Å². The second-order valence-electron chi connectivity index (χ2n) is 5.95. The maximum Gasteiger partial charge on any atom is 0.178 e. The normalized spacial score (nSPS) is 19.1. The Balaban J connectivity index is 1.96. The van der Waals surface area contributed by atoms with Crippen LogP contribution < -0.4 is 0 Å². The van der Waals surface area contributed by atoms with Gasteiger partial charge in [-0.2, -0.15) is 0 Å². The van der Waals surface area contributed by atoms with Crippen molar-refractivity contribution >= 4 is 34.9 Å². The van der Waals surface area contributed by atoms with Crippen LogP contribution in [0.2, 0.25) is 5.02 Å². The fraction of sp³-hybridized carbons (Fsp3) is 0.471. The third kappa shape index (κ3) is 2.87. The fourth-order valence-corrected chi connectivity index (χ4v) is 3.68. The zero-order chi connectivity index (χ0) is 15.7. The Hall–Kier alpha value is -1.10. The average molecular weight is 336 g/mol. The van der Waals surface area contributed by atoms with Crippen molar-refractivity contribution < 1.29 is 0 Å². The SMILES string of the molecule is CC/C=C\CCN1Cc2c(Cl)ccc3[nH]c(=S)n(c23)C[C@@H]1C. The van der Waals surface area contributed by atoms with Crippen molar-refractivity contribution in [3.05, 3.63) is 39.6 Å². The Morgan fingerprint density at radius 2 is 2.23 bits per heavy atom. The highest BCUT2D eigenvalue weighted by Crippen LogP contribution is 2.31. The van der Waals surface area contributed by atoms with Crippen LogP contribution in [0.25, 0.3) is 11.0 Å².